The molecule has 1 saturated heterocycles. The molecule has 0 radical (unpaired) electrons. The quantitative estimate of drug-likeness (QED) is 0.783. The standard InChI is InChI=1S/C15H30N2O/c1-18-12-14-7-6-10-17(11-14)15(13-16)8-4-2-3-5-9-15/h14H,2-13,16H2,1H3. The van der Waals surface area contributed by atoms with E-state index in [-0.39, 0.29) is 0 Å². The minimum atomic E-state index is 0.308. The molecule has 0 aromatic carbocycles. The Kier molecular flexibility index (Phi) is 5.46. The first-order valence-corrected chi connectivity index (χ1v) is 7.75. The summed E-state index contributed by atoms with van der Waals surface area (Å²) in [4.78, 5) is 2.71. The molecular formula is C15H30N2O. The zero-order chi connectivity index (χ0) is 12.8. The molecule has 1 heterocycles. The van der Waals surface area contributed by atoms with E-state index in [9.17, 15) is 0 Å². The van der Waals surface area contributed by atoms with Crippen LogP contribution in [0, 0.1) is 5.92 Å². The topological polar surface area (TPSA) is 38.5 Å². The lowest BCUT2D eigenvalue weighted by molar-refractivity contribution is 0.0138. The Morgan fingerprint density at radius 3 is 2.50 bits per heavy atom. The number of rotatable bonds is 4. The van der Waals surface area contributed by atoms with E-state index in [2.05, 4.69) is 4.90 Å². The van der Waals surface area contributed by atoms with Crippen molar-refractivity contribution >= 4 is 0 Å². The fraction of sp³-hybridized carbons (Fsp3) is 1.00. The minimum Gasteiger partial charge on any atom is -0.384 e. The summed E-state index contributed by atoms with van der Waals surface area (Å²) in [5.74, 6) is 0.718. The van der Waals surface area contributed by atoms with Crippen LogP contribution in [0.25, 0.3) is 0 Å². The van der Waals surface area contributed by atoms with Gasteiger partial charge < -0.3 is 10.5 Å². The summed E-state index contributed by atoms with van der Waals surface area (Å²) in [7, 11) is 1.82. The predicted octanol–water partition coefficient (Wildman–Crippen LogP) is 2.40. The smallest absolute Gasteiger partial charge is 0.0502 e. The van der Waals surface area contributed by atoms with Gasteiger partial charge in [0.05, 0.1) is 6.61 Å². The molecule has 0 aromatic rings. The Balaban J connectivity index is 2.01. The second kappa shape index (κ2) is 6.88. The number of hydrogen-bond donors (Lipinski definition) is 1. The molecule has 18 heavy (non-hydrogen) atoms. The van der Waals surface area contributed by atoms with Crippen molar-refractivity contribution in [3.8, 4) is 0 Å². The largest absolute Gasteiger partial charge is 0.384 e. The molecule has 1 saturated carbocycles. The van der Waals surface area contributed by atoms with Gasteiger partial charge in [-0.15, -0.1) is 0 Å². The van der Waals surface area contributed by atoms with Crippen molar-refractivity contribution < 1.29 is 4.74 Å². The molecular weight excluding hydrogens is 224 g/mol. The van der Waals surface area contributed by atoms with Crippen molar-refractivity contribution in [1.82, 2.24) is 4.90 Å². The van der Waals surface area contributed by atoms with Crippen molar-refractivity contribution in [1.29, 1.82) is 0 Å². The third-order valence-corrected chi connectivity index (χ3v) is 5.01. The molecule has 0 aromatic heterocycles. The number of methoxy groups -OCH3 is 1. The maximum Gasteiger partial charge on any atom is 0.0502 e. The Bertz CT molecular complexity index is 235. The number of nitrogens with two attached hydrogens (primary N) is 1. The fourth-order valence-corrected chi connectivity index (χ4v) is 3.90. The van der Waals surface area contributed by atoms with Gasteiger partial charge >= 0.3 is 0 Å². The van der Waals surface area contributed by atoms with Crippen molar-refractivity contribution in [2.75, 3.05) is 33.4 Å². The van der Waals surface area contributed by atoms with E-state index >= 15 is 0 Å². The number of likely N-dealkylation sites (tertiary alicyclic amines) is 1. The molecule has 0 spiro atoms. The van der Waals surface area contributed by atoms with E-state index in [0.717, 1.165) is 19.1 Å². The number of ether oxygens (including phenoxy) is 1. The third kappa shape index (κ3) is 3.25. The van der Waals surface area contributed by atoms with Crippen LogP contribution < -0.4 is 5.73 Å². The minimum absolute atomic E-state index is 0.308. The van der Waals surface area contributed by atoms with Gasteiger partial charge in [0.25, 0.3) is 0 Å². The van der Waals surface area contributed by atoms with Crippen LogP contribution in [0.5, 0.6) is 0 Å². The van der Waals surface area contributed by atoms with Gasteiger partial charge in [0.2, 0.25) is 0 Å². The lowest BCUT2D eigenvalue weighted by atomic mass is 9.84. The van der Waals surface area contributed by atoms with Gasteiger partial charge in [0.1, 0.15) is 0 Å². The highest BCUT2D eigenvalue weighted by atomic mass is 16.5. The van der Waals surface area contributed by atoms with E-state index < -0.39 is 0 Å². The van der Waals surface area contributed by atoms with Crippen LogP contribution in [0.1, 0.15) is 51.4 Å². The van der Waals surface area contributed by atoms with Crippen LogP contribution in [-0.4, -0.2) is 43.8 Å². The van der Waals surface area contributed by atoms with Crippen LogP contribution >= 0.6 is 0 Å². The monoisotopic (exact) mass is 254 g/mol. The first kappa shape index (κ1) is 14.3. The van der Waals surface area contributed by atoms with Gasteiger partial charge in [-0.05, 0) is 38.1 Å². The van der Waals surface area contributed by atoms with E-state index in [4.69, 9.17) is 10.5 Å². The average Bonchev–Trinajstić information content (AvgIpc) is 2.66. The molecule has 1 unspecified atom stereocenters. The van der Waals surface area contributed by atoms with E-state index in [1.54, 1.807) is 0 Å². The molecule has 1 aliphatic heterocycles. The average molecular weight is 254 g/mol. The van der Waals surface area contributed by atoms with Crippen molar-refractivity contribution in [3.05, 3.63) is 0 Å². The van der Waals surface area contributed by atoms with Gasteiger partial charge in [-0.25, -0.2) is 0 Å². The summed E-state index contributed by atoms with van der Waals surface area (Å²) < 4.78 is 5.35. The first-order valence-electron chi connectivity index (χ1n) is 7.75. The number of nitrogens with zero attached hydrogens (tertiary/aromatic N) is 1. The molecule has 3 nitrogen and oxygen atoms in total. The first-order chi connectivity index (χ1) is 8.80. The van der Waals surface area contributed by atoms with Gasteiger partial charge in [0, 0.05) is 25.7 Å². The molecule has 1 aliphatic carbocycles. The van der Waals surface area contributed by atoms with Crippen molar-refractivity contribution in [2.24, 2.45) is 11.7 Å². The van der Waals surface area contributed by atoms with Crippen LogP contribution in [0.2, 0.25) is 0 Å². The summed E-state index contributed by atoms with van der Waals surface area (Å²) in [6.07, 6.45) is 10.8. The molecule has 0 bridgehead atoms. The Morgan fingerprint density at radius 2 is 1.89 bits per heavy atom. The number of piperidine rings is 1. The Hall–Kier alpha value is -0.120. The van der Waals surface area contributed by atoms with E-state index in [1.807, 2.05) is 7.11 Å². The maximum absolute atomic E-state index is 6.19. The molecule has 2 fully saturated rings. The second-order valence-corrected chi connectivity index (χ2v) is 6.25. The lowest BCUT2D eigenvalue weighted by Gasteiger charge is -2.47. The zero-order valence-corrected chi connectivity index (χ0v) is 12.0. The molecule has 2 rings (SSSR count). The zero-order valence-electron chi connectivity index (χ0n) is 12.0. The third-order valence-electron chi connectivity index (χ3n) is 5.01. The number of hydrogen-bond acceptors (Lipinski definition) is 3. The van der Waals surface area contributed by atoms with Crippen LogP contribution in [0.3, 0.4) is 0 Å². The van der Waals surface area contributed by atoms with Gasteiger partial charge in [-0.2, -0.15) is 0 Å². The molecule has 2 N–H and O–H groups in total. The second-order valence-electron chi connectivity index (χ2n) is 6.25. The predicted molar refractivity (Wildman–Crippen MR) is 75.7 cm³/mol. The Labute approximate surface area is 112 Å². The summed E-state index contributed by atoms with van der Waals surface area (Å²) in [5, 5.41) is 0. The van der Waals surface area contributed by atoms with Gasteiger partial charge in [-0.1, -0.05) is 25.7 Å². The van der Waals surface area contributed by atoms with E-state index in [0.29, 0.717) is 5.54 Å². The summed E-state index contributed by atoms with van der Waals surface area (Å²) >= 11 is 0. The normalized spacial score (nSPS) is 30.0. The Morgan fingerprint density at radius 1 is 1.17 bits per heavy atom. The van der Waals surface area contributed by atoms with Crippen LogP contribution in [-0.2, 0) is 4.74 Å². The van der Waals surface area contributed by atoms with Crippen LogP contribution in [0.15, 0.2) is 0 Å². The van der Waals surface area contributed by atoms with E-state index in [1.165, 1.54) is 64.5 Å². The highest BCUT2D eigenvalue weighted by Gasteiger charge is 2.38. The summed E-state index contributed by atoms with van der Waals surface area (Å²) in [5.41, 5.74) is 6.49. The maximum atomic E-state index is 6.19. The molecule has 2 aliphatic rings. The van der Waals surface area contributed by atoms with Gasteiger partial charge in [-0.3, -0.25) is 4.90 Å². The molecule has 0 amide bonds. The molecule has 106 valence electrons. The highest BCUT2D eigenvalue weighted by molar-refractivity contribution is 4.95. The van der Waals surface area contributed by atoms with Crippen molar-refractivity contribution in [3.63, 3.8) is 0 Å². The lowest BCUT2D eigenvalue weighted by Crippen LogP contribution is -2.57. The highest BCUT2D eigenvalue weighted by Crippen LogP contribution is 2.34. The van der Waals surface area contributed by atoms with Crippen LogP contribution in [0.4, 0.5) is 0 Å². The molecule has 1 atom stereocenters. The van der Waals surface area contributed by atoms with Gasteiger partial charge in [0.15, 0.2) is 0 Å². The SMILES string of the molecule is COCC1CCCN(C2(CN)CCCCCC2)C1. The molecule has 3 heteroatoms. The summed E-state index contributed by atoms with van der Waals surface area (Å²) in [6, 6.07) is 0. The van der Waals surface area contributed by atoms with Crippen molar-refractivity contribution in [2.45, 2.75) is 56.9 Å². The summed E-state index contributed by atoms with van der Waals surface area (Å²) in [6.45, 7) is 4.20. The fourth-order valence-electron chi connectivity index (χ4n) is 3.90.